The predicted octanol–water partition coefficient (Wildman–Crippen LogP) is 1.02. The molecule has 0 radical (unpaired) electrons. The number of methoxy groups -OCH3 is 1. The maximum absolute atomic E-state index is 12.3. The van der Waals surface area contributed by atoms with Crippen molar-refractivity contribution in [1.82, 2.24) is 9.47 Å². The van der Waals surface area contributed by atoms with Crippen molar-refractivity contribution in [3.63, 3.8) is 0 Å². The van der Waals surface area contributed by atoms with Gasteiger partial charge in [0.1, 0.15) is 0 Å². The van der Waals surface area contributed by atoms with Gasteiger partial charge in [0.05, 0.1) is 18.3 Å². The van der Waals surface area contributed by atoms with E-state index in [1.165, 1.54) is 10.6 Å². The Balaban J connectivity index is 2.87. The molecule has 0 aromatic carbocycles. The minimum Gasteiger partial charge on any atom is -0.383 e. The lowest BCUT2D eigenvalue weighted by Crippen LogP contribution is -2.43. The summed E-state index contributed by atoms with van der Waals surface area (Å²) in [6.07, 6.45) is 1.65. The summed E-state index contributed by atoms with van der Waals surface area (Å²) in [5.74, 6) is 0.117. The Morgan fingerprint density at radius 2 is 2.05 bits per heavy atom. The molecule has 1 aromatic rings. The van der Waals surface area contributed by atoms with E-state index in [4.69, 9.17) is 4.74 Å². The lowest BCUT2D eigenvalue weighted by molar-refractivity contribution is -0.121. The Labute approximate surface area is 125 Å². The Bertz CT molecular complexity index is 515. The number of likely N-dealkylation sites (N-methyl/N-ethyl adjacent to an activating group) is 1. The van der Waals surface area contributed by atoms with Crippen molar-refractivity contribution in [2.24, 2.45) is 5.92 Å². The highest BCUT2D eigenvalue weighted by Crippen LogP contribution is 2.11. The molecule has 6 heteroatoms. The largest absolute Gasteiger partial charge is 0.383 e. The maximum atomic E-state index is 12.3. The van der Waals surface area contributed by atoms with Gasteiger partial charge in [-0.25, -0.2) is 0 Å². The lowest BCUT2D eigenvalue weighted by atomic mass is 10.0. The third-order valence-corrected chi connectivity index (χ3v) is 3.24. The summed E-state index contributed by atoms with van der Waals surface area (Å²) in [7, 11) is 5.34. The zero-order valence-corrected chi connectivity index (χ0v) is 13.4. The van der Waals surface area contributed by atoms with Crippen LogP contribution in [0.2, 0.25) is 0 Å². The van der Waals surface area contributed by atoms with Crippen LogP contribution in [-0.2, 0) is 16.1 Å². The lowest BCUT2D eigenvalue weighted by Gasteiger charge is -2.26. The van der Waals surface area contributed by atoms with Crippen LogP contribution in [0.5, 0.6) is 0 Å². The number of hydrogen-bond donors (Lipinski definition) is 1. The molecule has 1 aromatic heterocycles. The average molecular weight is 295 g/mol. The fourth-order valence-electron chi connectivity index (χ4n) is 2.32. The van der Waals surface area contributed by atoms with Gasteiger partial charge < -0.3 is 14.6 Å². The van der Waals surface area contributed by atoms with Crippen molar-refractivity contribution in [1.29, 1.82) is 0 Å². The Hall–Kier alpha value is -1.66. The van der Waals surface area contributed by atoms with Gasteiger partial charge in [0.25, 0.3) is 5.56 Å². The minimum atomic E-state index is -0.218. The average Bonchev–Trinajstić information content (AvgIpc) is 2.38. The second-order valence-electron chi connectivity index (χ2n) is 5.58. The third-order valence-electron chi connectivity index (χ3n) is 3.24. The summed E-state index contributed by atoms with van der Waals surface area (Å²) in [5.41, 5.74) is 0.501. The Morgan fingerprint density at radius 3 is 2.57 bits per heavy atom. The zero-order valence-electron chi connectivity index (χ0n) is 13.4. The van der Waals surface area contributed by atoms with Crippen LogP contribution in [0.25, 0.3) is 0 Å². The molecule has 0 aliphatic heterocycles. The molecule has 21 heavy (non-hydrogen) atoms. The molecular formula is C15H25N3O3. The summed E-state index contributed by atoms with van der Waals surface area (Å²) in [6.45, 7) is 4.91. The van der Waals surface area contributed by atoms with E-state index in [9.17, 15) is 9.59 Å². The monoisotopic (exact) mass is 295 g/mol. The highest BCUT2D eigenvalue weighted by Gasteiger charge is 2.24. The summed E-state index contributed by atoms with van der Waals surface area (Å²) < 4.78 is 6.50. The van der Waals surface area contributed by atoms with Gasteiger partial charge in [-0.1, -0.05) is 13.8 Å². The molecular weight excluding hydrogens is 270 g/mol. The van der Waals surface area contributed by atoms with Crippen LogP contribution in [0.4, 0.5) is 5.69 Å². The number of anilines is 1. The van der Waals surface area contributed by atoms with Crippen molar-refractivity contribution in [2.75, 3.05) is 33.1 Å². The summed E-state index contributed by atoms with van der Waals surface area (Å²) in [4.78, 5) is 25.9. The number of ether oxygens (including phenoxy) is 1. The van der Waals surface area contributed by atoms with E-state index >= 15 is 0 Å². The van der Waals surface area contributed by atoms with Crippen molar-refractivity contribution >= 4 is 11.6 Å². The van der Waals surface area contributed by atoms with E-state index < -0.39 is 0 Å². The highest BCUT2D eigenvalue weighted by atomic mass is 16.5. The van der Waals surface area contributed by atoms with Crippen LogP contribution in [0.15, 0.2) is 23.1 Å². The number of rotatable bonds is 7. The standard InChI is InChI=1S/C15H25N3O3/c1-11(2)14(17(3)4)15(20)16-12-6-7-13(19)18(10-12)8-9-21-5/h6-7,10-11,14H,8-9H2,1-5H3,(H,16,20)/t14-/m0/s1. The first-order valence-corrected chi connectivity index (χ1v) is 7.03. The van der Waals surface area contributed by atoms with Crippen LogP contribution in [-0.4, -0.2) is 49.2 Å². The smallest absolute Gasteiger partial charge is 0.250 e. The van der Waals surface area contributed by atoms with Crippen LogP contribution in [0.3, 0.4) is 0 Å². The van der Waals surface area contributed by atoms with Gasteiger partial charge in [0, 0.05) is 25.9 Å². The predicted molar refractivity (Wildman–Crippen MR) is 83.5 cm³/mol. The molecule has 118 valence electrons. The molecule has 0 aliphatic carbocycles. The molecule has 0 spiro atoms. The molecule has 0 unspecified atom stereocenters. The number of aromatic nitrogens is 1. The second kappa shape index (κ2) is 7.95. The molecule has 1 amide bonds. The second-order valence-corrected chi connectivity index (χ2v) is 5.58. The van der Waals surface area contributed by atoms with E-state index in [0.717, 1.165) is 0 Å². The summed E-state index contributed by atoms with van der Waals surface area (Å²) >= 11 is 0. The van der Waals surface area contributed by atoms with Crippen LogP contribution < -0.4 is 10.9 Å². The molecule has 0 aliphatic rings. The van der Waals surface area contributed by atoms with E-state index in [1.807, 2.05) is 32.8 Å². The quantitative estimate of drug-likeness (QED) is 0.816. The molecule has 0 saturated carbocycles. The summed E-state index contributed by atoms with van der Waals surface area (Å²) in [5, 5.41) is 2.87. The summed E-state index contributed by atoms with van der Waals surface area (Å²) in [6, 6.07) is 2.85. The molecule has 0 saturated heterocycles. The van der Waals surface area contributed by atoms with E-state index in [2.05, 4.69) is 5.32 Å². The third kappa shape index (κ3) is 4.99. The first-order chi connectivity index (χ1) is 9.86. The van der Waals surface area contributed by atoms with Crippen molar-refractivity contribution in [2.45, 2.75) is 26.4 Å². The highest BCUT2D eigenvalue weighted by molar-refractivity contribution is 5.94. The zero-order chi connectivity index (χ0) is 16.0. The minimum absolute atomic E-state index is 0.0769. The molecule has 6 nitrogen and oxygen atoms in total. The maximum Gasteiger partial charge on any atom is 0.250 e. The first kappa shape index (κ1) is 17.4. The first-order valence-electron chi connectivity index (χ1n) is 7.03. The molecule has 1 N–H and O–H groups in total. The molecule has 1 heterocycles. The number of amides is 1. The number of hydrogen-bond acceptors (Lipinski definition) is 4. The van der Waals surface area contributed by atoms with Crippen molar-refractivity contribution < 1.29 is 9.53 Å². The van der Waals surface area contributed by atoms with Gasteiger partial charge in [-0.15, -0.1) is 0 Å². The van der Waals surface area contributed by atoms with Crippen molar-refractivity contribution in [3.05, 3.63) is 28.7 Å². The number of carbonyl (C=O) groups is 1. The van der Waals surface area contributed by atoms with Gasteiger partial charge in [-0.3, -0.25) is 14.5 Å². The number of nitrogens with zero attached hydrogens (tertiary/aromatic N) is 2. The fraction of sp³-hybridized carbons (Fsp3) is 0.600. The Kier molecular flexibility index (Phi) is 6.58. The molecule has 1 rings (SSSR count). The van der Waals surface area contributed by atoms with Gasteiger partial charge >= 0.3 is 0 Å². The topological polar surface area (TPSA) is 63.6 Å². The van der Waals surface area contributed by atoms with Gasteiger partial charge in [-0.2, -0.15) is 0 Å². The fourth-order valence-corrected chi connectivity index (χ4v) is 2.32. The van der Waals surface area contributed by atoms with Crippen LogP contribution >= 0.6 is 0 Å². The Morgan fingerprint density at radius 1 is 1.38 bits per heavy atom. The van der Waals surface area contributed by atoms with Crippen LogP contribution in [0.1, 0.15) is 13.8 Å². The van der Waals surface area contributed by atoms with Gasteiger partial charge in [-0.05, 0) is 26.1 Å². The van der Waals surface area contributed by atoms with Gasteiger partial charge in [0.15, 0.2) is 0 Å². The molecule has 0 bridgehead atoms. The number of pyridine rings is 1. The van der Waals surface area contributed by atoms with Crippen molar-refractivity contribution in [3.8, 4) is 0 Å². The van der Waals surface area contributed by atoms with E-state index in [1.54, 1.807) is 19.4 Å². The van der Waals surface area contributed by atoms with Crippen LogP contribution in [0, 0.1) is 5.92 Å². The van der Waals surface area contributed by atoms with E-state index in [0.29, 0.717) is 18.8 Å². The normalized spacial score (nSPS) is 12.7. The molecule has 1 atom stereocenters. The van der Waals surface area contributed by atoms with E-state index in [-0.39, 0.29) is 23.4 Å². The SMILES string of the molecule is COCCn1cc(NC(=O)[C@H](C(C)C)N(C)C)ccc1=O. The number of nitrogens with one attached hydrogen (secondary N) is 1. The van der Waals surface area contributed by atoms with Gasteiger partial charge in [0.2, 0.25) is 5.91 Å². The molecule has 0 fully saturated rings. The number of carbonyl (C=O) groups excluding carboxylic acids is 1.